The lowest BCUT2D eigenvalue weighted by Crippen LogP contribution is -2.30. The van der Waals surface area contributed by atoms with Crippen molar-refractivity contribution in [3.8, 4) is 0 Å². The topological polar surface area (TPSA) is 32.5 Å². The SMILES string of the molecule is Cc1c(Cl)ccc2c1CN(CCCN(C)C)C2CN. The van der Waals surface area contributed by atoms with E-state index in [4.69, 9.17) is 17.3 Å². The van der Waals surface area contributed by atoms with Gasteiger partial charge in [-0.15, -0.1) is 0 Å². The third-order valence-electron chi connectivity index (χ3n) is 4.00. The summed E-state index contributed by atoms with van der Waals surface area (Å²) >= 11 is 6.22. The largest absolute Gasteiger partial charge is 0.329 e. The zero-order chi connectivity index (χ0) is 14.0. The lowest BCUT2D eigenvalue weighted by Gasteiger charge is -2.24. The van der Waals surface area contributed by atoms with Gasteiger partial charge in [-0.3, -0.25) is 4.90 Å². The van der Waals surface area contributed by atoms with E-state index in [0.29, 0.717) is 12.6 Å². The average molecular weight is 282 g/mol. The van der Waals surface area contributed by atoms with Gasteiger partial charge in [-0.25, -0.2) is 0 Å². The smallest absolute Gasteiger partial charge is 0.0477 e. The van der Waals surface area contributed by atoms with Gasteiger partial charge in [0.25, 0.3) is 0 Å². The van der Waals surface area contributed by atoms with E-state index in [2.05, 4.69) is 36.9 Å². The summed E-state index contributed by atoms with van der Waals surface area (Å²) in [4.78, 5) is 4.71. The van der Waals surface area contributed by atoms with Crippen LogP contribution in [-0.4, -0.2) is 43.5 Å². The summed E-state index contributed by atoms with van der Waals surface area (Å²) in [5.74, 6) is 0. The Morgan fingerprint density at radius 2 is 2.16 bits per heavy atom. The van der Waals surface area contributed by atoms with Crippen LogP contribution >= 0.6 is 11.6 Å². The van der Waals surface area contributed by atoms with Gasteiger partial charge < -0.3 is 10.6 Å². The van der Waals surface area contributed by atoms with Crippen LogP contribution in [0.1, 0.15) is 29.2 Å². The van der Waals surface area contributed by atoms with E-state index in [-0.39, 0.29) is 0 Å². The molecule has 0 amide bonds. The second kappa shape index (κ2) is 6.23. The molecule has 2 rings (SSSR count). The molecular weight excluding hydrogens is 258 g/mol. The lowest BCUT2D eigenvalue weighted by atomic mass is 10.0. The fourth-order valence-corrected chi connectivity index (χ4v) is 3.06. The Labute approximate surface area is 121 Å². The van der Waals surface area contributed by atoms with Crippen molar-refractivity contribution in [2.24, 2.45) is 5.73 Å². The van der Waals surface area contributed by atoms with Crippen LogP contribution in [0.25, 0.3) is 0 Å². The minimum absolute atomic E-state index is 0.355. The molecule has 1 aliphatic heterocycles. The van der Waals surface area contributed by atoms with Crippen molar-refractivity contribution in [2.45, 2.75) is 25.9 Å². The van der Waals surface area contributed by atoms with Gasteiger partial charge in [0, 0.05) is 30.7 Å². The Kier molecular flexibility index (Phi) is 4.85. The third kappa shape index (κ3) is 3.11. The Morgan fingerprint density at radius 3 is 2.79 bits per heavy atom. The molecule has 1 aromatic carbocycles. The van der Waals surface area contributed by atoms with E-state index in [9.17, 15) is 0 Å². The minimum atomic E-state index is 0.355. The van der Waals surface area contributed by atoms with Gasteiger partial charge in [0.1, 0.15) is 0 Å². The number of hydrogen-bond acceptors (Lipinski definition) is 3. The summed E-state index contributed by atoms with van der Waals surface area (Å²) in [7, 11) is 4.23. The molecule has 19 heavy (non-hydrogen) atoms. The minimum Gasteiger partial charge on any atom is -0.329 e. The number of halogens is 1. The van der Waals surface area contributed by atoms with E-state index in [1.54, 1.807) is 0 Å². The molecule has 4 heteroatoms. The quantitative estimate of drug-likeness (QED) is 0.900. The summed E-state index contributed by atoms with van der Waals surface area (Å²) in [5.41, 5.74) is 9.94. The fraction of sp³-hybridized carbons (Fsp3) is 0.600. The molecule has 2 N–H and O–H groups in total. The molecule has 0 fully saturated rings. The van der Waals surface area contributed by atoms with Crippen LogP contribution in [-0.2, 0) is 6.54 Å². The molecule has 0 aromatic heterocycles. The van der Waals surface area contributed by atoms with Crippen LogP contribution in [0.2, 0.25) is 5.02 Å². The molecule has 3 nitrogen and oxygen atoms in total. The van der Waals surface area contributed by atoms with Gasteiger partial charge in [-0.2, -0.15) is 0 Å². The number of benzene rings is 1. The van der Waals surface area contributed by atoms with Gasteiger partial charge in [0.15, 0.2) is 0 Å². The van der Waals surface area contributed by atoms with Crippen LogP contribution < -0.4 is 5.73 Å². The number of fused-ring (bicyclic) bond motifs is 1. The molecule has 0 bridgehead atoms. The molecule has 1 unspecified atom stereocenters. The first-order valence-corrected chi connectivity index (χ1v) is 7.29. The zero-order valence-electron chi connectivity index (χ0n) is 12.1. The van der Waals surface area contributed by atoms with Crippen molar-refractivity contribution in [1.29, 1.82) is 0 Å². The predicted octanol–water partition coefficient (Wildman–Crippen LogP) is 2.42. The molecule has 1 heterocycles. The molecule has 0 aliphatic carbocycles. The van der Waals surface area contributed by atoms with E-state index in [1.165, 1.54) is 23.1 Å². The monoisotopic (exact) mass is 281 g/mol. The summed E-state index contributed by atoms with van der Waals surface area (Å²) in [5, 5.41) is 0.865. The number of hydrogen-bond donors (Lipinski definition) is 1. The average Bonchev–Trinajstić information content (AvgIpc) is 2.72. The van der Waals surface area contributed by atoms with E-state index < -0.39 is 0 Å². The highest BCUT2D eigenvalue weighted by atomic mass is 35.5. The van der Waals surface area contributed by atoms with Crippen molar-refractivity contribution in [3.05, 3.63) is 33.8 Å². The van der Waals surface area contributed by atoms with Crippen molar-refractivity contribution in [1.82, 2.24) is 9.80 Å². The van der Waals surface area contributed by atoms with Gasteiger partial charge in [-0.1, -0.05) is 17.7 Å². The van der Waals surface area contributed by atoms with Crippen molar-refractivity contribution < 1.29 is 0 Å². The molecule has 1 aliphatic rings. The van der Waals surface area contributed by atoms with Gasteiger partial charge in [0.2, 0.25) is 0 Å². The molecule has 0 radical (unpaired) electrons. The molecule has 1 atom stereocenters. The molecule has 0 saturated carbocycles. The van der Waals surface area contributed by atoms with Crippen LogP contribution in [0, 0.1) is 6.92 Å². The maximum Gasteiger partial charge on any atom is 0.0477 e. The fourth-order valence-electron chi connectivity index (χ4n) is 2.88. The molecule has 0 saturated heterocycles. The highest BCUT2D eigenvalue weighted by Crippen LogP contribution is 2.37. The van der Waals surface area contributed by atoms with E-state index >= 15 is 0 Å². The Balaban J connectivity index is 2.11. The predicted molar refractivity (Wildman–Crippen MR) is 81.6 cm³/mol. The van der Waals surface area contributed by atoms with Crippen molar-refractivity contribution in [3.63, 3.8) is 0 Å². The maximum atomic E-state index is 6.22. The maximum absolute atomic E-state index is 6.22. The number of rotatable bonds is 5. The van der Waals surface area contributed by atoms with E-state index in [0.717, 1.165) is 24.7 Å². The summed E-state index contributed by atoms with van der Waals surface area (Å²) in [6, 6.07) is 4.50. The molecule has 0 spiro atoms. The number of nitrogens with two attached hydrogens (primary N) is 1. The zero-order valence-corrected chi connectivity index (χ0v) is 12.9. The van der Waals surface area contributed by atoms with Crippen LogP contribution in [0.4, 0.5) is 0 Å². The normalized spacial score (nSPS) is 19.2. The third-order valence-corrected chi connectivity index (χ3v) is 4.41. The molecular formula is C15H24ClN3. The van der Waals surface area contributed by atoms with Gasteiger partial charge in [-0.05, 0) is 56.7 Å². The summed E-state index contributed by atoms with van der Waals surface area (Å²) in [6.07, 6.45) is 1.17. The van der Waals surface area contributed by atoms with Gasteiger partial charge in [0.05, 0.1) is 0 Å². The van der Waals surface area contributed by atoms with Crippen molar-refractivity contribution >= 4 is 11.6 Å². The molecule has 106 valence electrons. The molecule has 1 aromatic rings. The van der Waals surface area contributed by atoms with Crippen LogP contribution in [0.15, 0.2) is 12.1 Å². The number of nitrogens with zero attached hydrogens (tertiary/aromatic N) is 2. The Bertz CT molecular complexity index is 445. The highest BCUT2D eigenvalue weighted by Gasteiger charge is 2.30. The first-order valence-electron chi connectivity index (χ1n) is 6.91. The first kappa shape index (κ1) is 14.8. The summed E-state index contributed by atoms with van der Waals surface area (Å²) in [6.45, 7) is 5.97. The Hall–Kier alpha value is -0.610. The summed E-state index contributed by atoms with van der Waals surface area (Å²) < 4.78 is 0. The first-order chi connectivity index (χ1) is 9.04. The second-order valence-corrected chi connectivity index (χ2v) is 6.03. The van der Waals surface area contributed by atoms with Crippen LogP contribution in [0.5, 0.6) is 0 Å². The lowest BCUT2D eigenvalue weighted by molar-refractivity contribution is 0.208. The van der Waals surface area contributed by atoms with E-state index in [1.807, 2.05) is 6.07 Å². The second-order valence-electron chi connectivity index (χ2n) is 5.62. The van der Waals surface area contributed by atoms with Crippen molar-refractivity contribution in [2.75, 3.05) is 33.7 Å². The van der Waals surface area contributed by atoms with Gasteiger partial charge >= 0.3 is 0 Å². The highest BCUT2D eigenvalue weighted by molar-refractivity contribution is 6.31. The Morgan fingerprint density at radius 1 is 1.42 bits per heavy atom. The standard InChI is InChI=1S/C15H24ClN3/c1-11-13-10-19(8-4-7-18(2)3)15(9-17)12(13)5-6-14(11)16/h5-6,15H,4,7-10,17H2,1-3H3. The van der Waals surface area contributed by atoms with Crippen LogP contribution in [0.3, 0.4) is 0 Å².